The fourth-order valence-corrected chi connectivity index (χ4v) is 1.72. The maximum absolute atomic E-state index is 13.5. The number of carboxylic acid groups (broad SMARTS) is 1. The molecule has 0 spiro atoms. The molecule has 0 aliphatic carbocycles. The van der Waals surface area contributed by atoms with Crippen LogP contribution in [-0.4, -0.2) is 20.9 Å². The van der Waals surface area contributed by atoms with E-state index in [0.717, 1.165) is 16.8 Å². The van der Waals surface area contributed by atoms with Crippen molar-refractivity contribution in [1.82, 2.24) is 9.78 Å². The molecule has 3 N–H and O–H groups in total. The number of nitrogens with zero attached hydrogens (tertiary/aromatic N) is 2. The fraction of sp³-hybridized carbons (Fsp3) is 0.167. The van der Waals surface area contributed by atoms with Gasteiger partial charge in [0.1, 0.15) is 5.82 Å². The van der Waals surface area contributed by atoms with Gasteiger partial charge in [0.2, 0.25) is 0 Å². The molecule has 0 aliphatic rings. The Labute approximate surface area is 111 Å². The molecule has 0 aliphatic heterocycles. The molecule has 2 rings (SSSR count). The Morgan fingerprint density at radius 1 is 1.45 bits per heavy atom. The molecule has 0 bridgehead atoms. The number of hydrogen-bond donors (Lipinski definition) is 2. The van der Waals surface area contributed by atoms with E-state index in [-0.39, 0.29) is 12.2 Å². The molecule has 1 aromatic heterocycles. The number of nitrogen functional groups attached to an aromatic ring is 1. The summed E-state index contributed by atoms with van der Waals surface area (Å²) in [5, 5.41) is 12.3. The number of nitrogens with two attached hydrogens (primary N) is 1. The van der Waals surface area contributed by atoms with Crippen LogP contribution in [0.25, 0.3) is 0 Å². The Balaban J connectivity index is 2.24. The summed E-state index contributed by atoms with van der Waals surface area (Å²) in [5.41, 5.74) is 4.62. The largest absolute Gasteiger partial charge is 0.478 e. The normalized spacial score (nSPS) is 11.0. The van der Waals surface area contributed by atoms with Crippen LogP contribution in [0.2, 0.25) is 0 Å². The number of aromatic nitrogens is 2. The summed E-state index contributed by atoms with van der Waals surface area (Å²) in [5.74, 6) is -2.28. The van der Waals surface area contributed by atoms with Gasteiger partial charge in [-0.2, -0.15) is 5.10 Å². The van der Waals surface area contributed by atoms with Crippen molar-refractivity contribution in [1.29, 1.82) is 0 Å². The summed E-state index contributed by atoms with van der Waals surface area (Å²) in [7, 11) is 0. The first-order chi connectivity index (χ1) is 9.38. The van der Waals surface area contributed by atoms with Crippen LogP contribution in [0, 0.1) is 5.82 Å². The van der Waals surface area contributed by atoms with E-state index in [1.54, 1.807) is 0 Å². The minimum atomic E-state index is -2.79. The summed E-state index contributed by atoms with van der Waals surface area (Å²) < 4.78 is 39.6. The van der Waals surface area contributed by atoms with E-state index in [0.29, 0.717) is 5.56 Å². The van der Waals surface area contributed by atoms with E-state index in [1.807, 2.05) is 0 Å². The van der Waals surface area contributed by atoms with Gasteiger partial charge >= 0.3 is 5.97 Å². The van der Waals surface area contributed by atoms with Crippen LogP contribution in [0.5, 0.6) is 0 Å². The second kappa shape index (κ2) is 5.24. The number of carboxylic acids is 1. The Morgan fingerprint density at radius 2 is 2.15 bits per heavy atom. The summed E-state index contributed by atoms with van der Waals surface area (Å²) >= 11 is 0. The van der Waals surface area contributed by atoms with E-state index in [9.17, 15) is 18.0 Å². The molecule has 0 radical (unpaired) electrons. The highest BCUT2D eigenvalue weighted by Crippen LogP contribution is 2.23. The van der Waals surface area contributed by atoms with Crippen molar-refractivity contribution in [3.8, 4) is 0 Å². The fourth-order valence-electron chi connectivity index (χ4n) is 1.72. The average molecular weight is 285 g/mol. The van der Waals surface area contributed by atoms with E-state index in [4.69, 9.17) is 10.8 Å². The Morgan fingerprint density at radius 3 is 2.65 bits per heavy atom. The van der Waals surface area contributed by atoms with Gasteiger partial charge in [-0.15, -0.1) is 0 Å². The van der Waals surface area contributed by atoms with Crippen LogP contribution < -0.4 is 5.73 Å². The van der Waals surface area contributed by atoms with Crippen molar-refractivity contribution in [2.45, 2.75) is 13.0 Å². The zero-order valence-corrected chi connectivity index (χ0v) is 10.1. The van der Waals surface area contributed by atoms with E-state index < -0.39 is 29.5 Å². The van der Waals surface area contributed by atoms with Crippen molar-refractivity contribution >= 4 is 11.7 Å². The highest BCUT2D eigenvalue weighted by atomic mass is 19.3. The van der Waals surface area contributed by atoms with Crippen LogP contribution in [0.3, 0.4) is 0 Å². The van der Waals surface area contributed by atoms with Crippen LogP contribution in [-0.2, 0) is 6.54 Å². The van der Waals surface area contributed by atoms with Crippen LogP contribution in [0.1, 0.15) is 28.0 Å². The topological polar surface area (TPSA) is 81.1 Å². The number of benzene rings is 1. The van der Waals surface area contributed by atoms with Gasteiger partial charge in [-0.3, -0.25) is 4.68 Å². The molecule has 0 unspecified atom stereocenters. The zero-order chi connectivity index (χ0) is 14.9. The third kappa shape index (κ3) is 2.73. The summed E-state index contributed by atoms with van der Waals surface area (Å²) in [6.45, 7) is 0.00768. The number of alkyl halides is 2. The molecule has 1 aromatic carbocycles. The smallest absolute Gasteiger partial charge is 0.338 e. The van der Waals surface area contributed by atoms with Gasteiger partial charge in [0.05, 0.1) is 17.8 Å². The highest BCUT2D eigenvalue weighted by molar-refractivity contribution is 5.87. The molecule has 0 atom stereocenters. The molecule has 8 heteroatoms. The number of rotatable bonds is 4. The molecule has 1 heterocycles. The number of carbonyl (C=O) groups is 1. The monoisotopic (exact) mass is 285 g/mol. The number of anilines is 1. The second-order valence-corrected chi connectivity index (χ2v) is 4.09. The second-order valence-electron chi connectivity index (χ2n) is 4.09. The standard InChI is InChI=1S/C12H10F3N3O2/c13-8-3-6(1-2-7(8)12(19)20)4-18-5-9(16)10(17-18)11(14)15/h1-3,5,11H,4,16H2,(H,19,20). The van der Waals surface area contributed by atoms with Gasteiger partial charge in [-0.1, -0.05) is 6.07 Å². The van der Waals surface area contributed by atoms with Crippen molar-refractivity contribution in [3.05, 3.63) is 47.0 Å². The summed E-state index contributed by atoms with van der Waals surface area (Å²) in [4.78, 5) is 10.7. The molecule has 20 heavy (non-hydrogen) atoms. The first-order valence-corrected chi connectivity index (χ1v) is 5.51. The van der Waals surface area contributed by atoms with Crippen LogP contribution in [0.15, 0.2) is 24.4 Å². The molecular weight excluding hydrogens is 275 g/mol. The molecule has 5 nitrogen and oxygen atoms in total. The maximum atomic E-state index is 13.5. The Bertz CT molecular complexity index is 655. The SMILES string of the molecule is Nc1cn(Cc2ccc(C(=O)O)c(F)c2)nc1C(F)F. The summed E-state index contributed by atoms with van der Waals surface area (Å²) in [6.07, 6.45) is -1.58. The third-order valence-corrected chi connectivity index (χ3v) is 2.64. The Kier molecular flexibility index (Phi) is 3.64. The molecule has 2 aromatic rings. The zero-order valence-electron chi connectivity index (χ0n) is 10.1. The van der Waals surface area contributed by atoms with Crippen LogP contribution >= 0.6 is 0 Å². The van der Waals surface area contributed by atoms with Crippen molar-refractivity contribution in [2.24, 2.45) is 0 Å². The van der Waals surface area contributed by atoms with Gasteiger partial charge in [-0.25, -0.2) is 18.0 Å². The molecule has 106 valence electrons. The lowest BCUT2D eigenvalue weighted by atomic mass is 10.1. The van der Waals surface area contributed by atoms with Gasteiger partial charge in [0.25, 0.3) is 6.43 Å². The lowest BCUT2D eigenvalue weighted by Crippen LogP contribution is -2.05. The number of halogens is 3. The first-order valence-electron chi connectivity index (χ1n) is 5.51. The lowest BCUT2D eigenvalue weighted by Gasteiger charge is -2.04. The van der Waals surface area contributed by atoms with Gasteiger partial charge in [0, 0.05) is 6.20 Å². The van der Waals surface area contributed by atoms with Crippen LogP contribution in [0.4, 0.5) is 18.9 Å². The number of hydrogen-bond acceptors (Lipinski definition) is 3. The van der Waals surface area contributed by atoms with E-state index in [1.165, 1.54) is 12.3 Å². The van der Waals surface area contributed by atoms with Crippen molar-refractivity contribution < 1.29 is 23.1 Å². The quantitative estimate of drug-likeness (QED) is 0.903. The number of aromatic carboxylic acids is 1. The molecule has 0 saturated carbocycles. The van der Waals surface area contributed by atoms with Gasteiger partial charge < -0.3 is 10.8 Å². The van der Waals surface area contributed by atoms with Crippen molar-refractivity contribution in [2.75, 3.05) is 5.73 Å². The minimum Gasteiger partial charge on any atom is -0.478 e. The Hall–Kier alpha value is -2.51. The molecule has 0 amide bonds. The maximum Gasteiger partial charge on any atom is 0.338 e. The predicted octanol–water partition coefficient (Wildman–Crippen LogP) is 2.29. The van der Waals surface area contributed by atoms with Gasteiger partial charge in [0.15, 0.2) is 5.69 Å². The predicted molar refractivity (Wildman–Crippen MR) is 64.1 cm³/mol. The van der Waals surface area contributed by atoms with E-state index in [2.05, 4.69) is 5.10 Å². The van der Waals surface area contributed by atoms with E-state index >= 15 is 0 Å². The van der Waals surface area contributed by atoms with Gasteiger partial charge in [-0.05, 0) is 17.7 Å². The minimum absolute atomic E-state index is 0.00768. The summed E-state index contributed by atoms with van der Waals surface area (Å²) in [6, 6.07) is 3.50. The first kappa shape index (κ1) is 13.9. The highest BCUT2D eigenvalue weighted by Gasteiger charge is 2.16. The third-order valence-electron chi connectivity index (χ3n) is 2.64. The molecule has 0 saturated heterocycles. The lowest BCUT2D eigenvalue weighted by molar-refractivity contribution is 0.0692. The van der Waals surface area contributed by atoms with Crippen molar-refractivity contribution in [3.63, 3.8) is 0 Å². The molecule has 0 fully saturated rings. The molecular formula is C12H10F3N3O2. The average Bonchev–Trinajstić information content (AvgIpc) is 2.70.